The second-order valence-corrected chi connectivity index (χ2v) is 10.2. The van der Waals surface area contributed by atoms with E-state index in [-0.39, 0.29) is 0 Å². The van der Waals surface area contributed by atoms with E-state index in [4.69, 9.17) is 4.74 Å². The van der Waals surface area contributed by atoms with Crippen molar-refractivity contribution >= 4 is 0 Å². The Hall–Kier alpha value is -1.24. The van der Waals surface area contributed by atoms with Crippen LogP contribution in [-0.2, 0) is 5.41 Å². The molecule has 0 heterocycles. The minimum absolute atomic E-state index is 0.460. The van der Waals surface area contributed by atoms with E-state index in [2.05, 4.69) is 50.3 Å². The average molecular weight is 411 g/mol. The zero-order chi connectivity index (χ0) is 21.1. The third-order valence-corrected chi connectivity index (χ3v) is 8.17. The molecule has 4 rings (SSSR count). The molecule has 0 N–H and O–H groups in total. The topological polar surface area (TPSA) is 9.23 Å². The van der Waals surface area contributed by atoms with Gasteiger partial charge in [0.1, 0.15) is 12.4 Å². The van der Waals surface area contributed by atoms with Gasteiger partial charge in [0.15, 0.2) is 0 Å². The first kappa shape index (κ1) is 23.4. The molecule has 1 aromatic rings. The van der Waals surface area contributed by atoms with Gasteiger partial charge in [-0.3, -0.25) is 0 Å². The van der Waals surface area contributed by atoms with E-state index in [9.17, 15) is 0 Å². The summed E-state index contributed by atoms with van der Waals surface area (Å²) in [7, 11) is 0. The number of ether oxygens (including phenoxy) is 1. The number of hydrogen-bond donors (Lipinski definition) is 0. The van der Waals surface area contributed by atoms with E-state index >= 15 is 0 Å². The molecule has 0 aliphatic heterocycles. The molecule has 0 aromatic heterocycles. The molecule has 2 bridgehead atoms. The fourth-order valence-electron chi connectivity index (χ4n) is 5.92. The van der Waals surface area contributed by atoms with Gasteiger partial charge in [-0.2, -0.15) is 0 Å². The number of benzene rings is 1. The highest BCUT2D eigenvalue weighted by molar-refractivity contribution is 5.34. The fourth-order valence-corrected chi connectivity index (χ4v) is 5.92. The van der Waals surface area contributed by atoms with Crippen LogP contribution in [0.5, 0.6) is 5.75 Å². The van der Waals surface area contributed by atoms with Gasteiger partial charge < -0.3 is 4.74 Å². The van der Waals surface area contributed by atoms with Gasteiger partial charge in [0.05, 0.1) is 0 Å². The molecule has 168 valence electrons. The molecule has 0 radical (unpaired) electrons. The zero-order valence-corrected chi connectivity index (χ0v) is 19.9. The summed E-state index contributed by atoms with van der Waals surface area (Å²) in [5.74, 6) is 1.02. The SMILES string of the molecule is CCCCCC=CCOc1ccc(C23CCC(CCCCCCC)(CC2)CC3)cc1. The number of allylic oxidation sites excluding steroid dienone is 1. The molecule has 3 saturated carbocycles. The van der Waals surface area contributed by atoms with E-state index in [1.807, 2.05) is 0 Å². The van der Waals surface area contributed by atoms with Gasteiger partial charge in [-0.1, -0.05) is 83.1 Å². The highest BCUT2D eigenvalue weighted by Crippen LogP contribution is 2.59. The first-order chi connectivity index (χ1) is 14.7. The Bertz CT molecular complexity index is 602. The van der Waals surface area contributed by atoms with Gasteiger partial charge in [0.2, 0.25) is 0 Å². The lowest BCUT2D eigenvalue weighted by Crippen LogP contribution is -2.44. The second kappa shape index (κ2) is 12.0. The molecule has 0 amide bonds. The van der Waals surface area contributed by atoms with Crippen molar-refractivity contribution < 1.29 is 4.74 Å². The van der Waals surface area contributed by atoms with Crippen LogP contribution in [0.4, 0.5) is 0 Å². The molecule has 30 heavy (non-hydrogen) atoms. The summed E-state index contributed by atoms with van der Waals surface area (Å²) in [5.41, 5.74) is 2.73. The summed E-state index contributed by atoms with van der Waals surface area (Å²) in [5, 5.41) is 0. The summed E-state index contributed by atoms with van der Waals surface area (Å²) in [4.78, 5) is 0. The maximum Gasteiger partial charge on any atom is 0.119 e. The predicted octanol–water partition coefficient (Wildman–Crippen LogP) is 9.15. The van der Waals surface area contributed by atoms with Gasteiger partial charge >= 0.3 is 0 Å². The monoisotopic (exact) mass is 410 g/mol. The summed E-state index contributed by atoms with van der Waals surface area (Å²) in [6.45, 7) is 5.26. The molecule has 0 atom stereocenters. The van der Waals surface area contributed by atoms with Crippen LogP contribution in [0.1, 0.15) is 122 Å². The molecule has 1 aromatic carbocycles. The van der Waals surface area contributed by atoms with Crippen LogP contribution in [0.2, 0.25) is 0 Å². The number of rotatable bonds is 14. The number of unbranched alkanes of at least 4 members (excludes halogenated alkanes) is 7. The predicted molar refractivity (Wildman–Crippen MR) is 130 cm³/mol. The molecule has 3 fully saturated rings. The zero-order valence-electron chi connectivity index (χ0n) is 19.9. The summed E-state index contributed by atoms with van der Waals surface area (Å²) < 4.78 is 5.93. The maximum absolute atomic E-state index is 5.93. The van der Waals surface area contributed by atoms with Crippen molar-refractivity contribution in [2.24, 2.45) is 5.41 Å². The molecule has 1 nitrogen and oxygen atoms in total. The Morgan fingerprint density at radius 1 is 0.733 bits per heavy atom. The molecule has 0 spiro atoms. The van der Waals surface area contributed by atoms with Gasteiger partial charge in [-0.15, -0.1) is 0 Å². The maximum atomic E-state index is 5.93. The highest BCUT2D eigenvalue weighted by Gasteiger charge is 2.48. The Kier molecular flexibility index (Phi) is 9.34. The Labute approximate surface area is 186 Å². The van der Waals surface area contributed by atoms with Crippen molar-refractivity contribution in [2.75, 3.05) is 6.61 Å². The highest BCUT2D eigenvalue weighted by atomic mass is 16.5. The van der Waals surface area contributed by atoms with Gasteiger partial charge in [-0.25, -0.2) is 0 Å². The Morgan fingerprint density at radius 3 is 2.03 bits per heavy atom. The molecule has 3 aliphatic carbocycles. The van der Waals surface area contributed by atoms with Crippen LogP contribution < -0.4 is 4.74 Å². The lowest BCUT2D eigenvalue weighted by molar-refractivity contribution is 0.0304. The molecule has 1 heteroatoms. The summed E-state index contributed by atoms with van der Waals surface area (Å²) in [6, 6.07) is 9.14. The third-order valence-electron chi connectivity index (χ3n) is 8.17. The molecular formula is C29H46O. The van der Waals surface area contributed by atoms with Crippen LogP contribution in [-0.4, -0.2) is 6.61 Å². The average Bonchev–Trinajstić information content (AvgIpc) is 2.80. The Morgan fingerprint density at radius 2 is 1.37 bits per heavy atom. The third kappa shape index (κ3) is 6.38. The second-order valence-electron chi connectivity index (χ2n) is 10.2. The number of fused-ring (bicyclic) bond motifs is 3. The van der Waals surface area contributed by atoms with Gasteiger partial charge in [0, 0.05) is 0 Å². The van der Waals surface area contributed by atoms with Crippen molar-refractivity contribution in [3.8, 4) is 5.75 Å². The van der Waals surface area contributed by atoms with Crippen molar-refractivity contribution in [3.05, 3.63) is 42.0 Å². The van der Waals surface area contributed by atoms with Crippen LogP contribution in [0.3, 0.4) is 0 Å². The quantitative estimate of drug-likeness (QED) is 0.219. The van der Waals surface area contributed by atoms with Crippen LogP contribution in [0.25, 0.3) is 0 Å². The summed E-state index contributed by atoms with van der Waals surface area (Å²) >= 11 is 0. The fraction of sp³-hybridized carbons (Fsp3) is 0.724. The first-order valence-corrected chi connectivity index (χ1v) is 13.1. The Balaban J connectivity index is 1.43. The lowest BCUT2D eigenvalue weighted by atomic mass is 9.51. The molecule has 3 aliphatic rings. The van der Waals surface area contributed by atoms with E-state index in [0.29, 0.717) is 17.4 Å². The lowest BCUT2D eigenvalue weighted by Gasteiger charge is -2.54. The largest absolute Gasteiger partial charge is 0.490 e. The molecular weight excluding hydrogens is 364 g/mol. The minimum atomic E-state index is 0.460. The normalized spacial score (nSPS) is 25.8. The van der Waals surface area contributed by atoms with Crippen molar-refractivity contribution in [1.82, 2.24) is 0 Å². The van der Waals surface area contributed by atoms with Gasteiger partial charge in [0.25, 0.3) is 0 Å². The van der Waals surface area contributed by atoms with Crippen LogP contribution >= 0.6 is 0 Å². The van der Waals surface area contributed by atoms with Crippen molar-refractivity contribution in [1.29, 1.82) is 0 Å². The number of hydrogen-bond acceptors (Lipinski definition) is 1. The van der Waals surface area contributed by atoms with E-state index < -0.39 is 0 Å². The van der Waals surface area contributed by atoms with Crippen LogP contribution in [0.15, 0.2) is 36.4 Å². The van der Waals surface area contributed by atoms with E-state index in [1.165, 1.54) is 103 Å². The molecule has 0 saturated heterocycles. The minimum Gasteiger partial charge on any atom is -0.490 e. The van der Waals surface area contributed by atoms with E-state index in [1.54, 1.807) is 5.56 Å². The first-order valence-electron chi connectivity index (χ1n) is 13.1. The summed E-state index contributed by atoms with van der Waals surface area (Å²) in [6.07, 6.45) is 26.8. The van der Waals surface area contributed by atoms with E-state index in [0.717, 1.165) is 5.75 Å². The van der Waals surface area contributed by atoms with Gasteiger partial charge in [-0.05, 0) is 86.3 Å². The van der Waals surface area contributed by atoms with Crippen LogP contribution in [0, 0.1) is 5.41 Å². The standard InChI is InChI=1S/C29H46O/c1-3-5-7-9-11-13-25-30-27-16-14-26(15-17-27)29-22-19-28(20-23-29,21-24-29)18-12-10-8-6-4-2/h11,13-17H,3-10,12,18-25H2,1-2H3. The van der Waals surface area contributed by atoms with Crippen molar-refractivity contribution in [2.45, 2.75) is 122 Å². The molecule has 0 unspecified atom stereocenters. The van der Waals surface area contributed by atoms with Crippen molar-refractivity contribution in [3.63, 3.8) is 0 Å². The smallest absolute Gasteiger partial charge is 0.119 e.